The van der Waals surface area contributed by atoms with Gasteiger partial charge in [0.15, 0.2) is 0 Å². The van der Waals surface area contributed by atoms with Crippen LogP contribution in [0.5, 0.6) is 5.75 Å². The second-order valence-electron chi connectivity index (χ2n) is 4.70. The second-order valence-corrected chi connectivity index (χ2v) is 4.70. The maximum absolute atomic E-state index is 10.5. The molecule has 1 atom stereocenters. The summed E-state index contributed by atoms with van der Waals surface area (Å²) in [6.45, 7) is 3.00. The summed E-state index contributed by atoms with van der Waals surface area (Å²) >= 11 is 0. The molecule has 1 N–H and O–H groups in total. The van der Waals surface area contributed by atoms with Gasteiger partial charge in [0.25, 0.3) is 0 Å². The van der Waals surface area contributed by atoms with Crippen LogP contribution in [0, 0.1) is 6.92 Å². The molecule has 2 aromatic rings. The first-order chi connectivity index (χ1) is 9.72. The third-order valence-corrected chi connectivity index (χ3v) is 3.12. The van der Waals surface area contributed by atoms with Crippen molar-refractivity contribution in [1.82, 2.24) is 0 Å². The molecule has 0 aliphatic rings. The normalized spacial score (nSPS) is 12.2. The minimum Gasteiger partial charge on any atom is -0.491 e. The molecule has 3 heteroatoms. The van der Waals surface area contributed by atoms with E-state index in [1.807, 2.05) is 55.5 Å². The number of para-hydroxylation sites is 1. The first-order valence-corrected chi connectivity index (χ1v) is 6.67. The van der Waals surface area contributed by atoms with Crippen molar-refractivity contribution >= 4 is 0 Å². The Labute approximate surface area is 119 Å². The Hall–Kier alpha value is -1.84. The Bertz CT molecular complexity index is 551. The van der Waals surface area contributed by atoms with Gasteiger partial charge in [-0.1, -0.05) is 48.0 Å². The number of rotatable bonds is 6. The molecule has 0 heterocycles. The minimum absolute atomic E-state index is 0.466. The standard InChI is InChI=1S/C17H20O3/c1-13-6-5-7-14(12-13)17(18)15-8-3-4-9-16(15)20-11-10-19-2/h3-9,12,17-18H,10-11H2,1-2H3. The topological polar surface area (TPSA) is 38.7 Å². The summed E-state index contributed by atoms with van der Waals surface area (Å²) in [6.07, 6.45) is -0.686. The predicted molar refractivity (Wildman–Crippen MR) is 79.1 cm³/mol. The highest BCUT2D eigenvalue weighted by Crippen LogP contribution is 2.30. The van der Waals surface area contributed by atoms with Gasteiger partial charge in [-0.25, -0.2) is 0 Å². The van der Waals surface area contributed by atoms with Crippen LogP contribution in [-0.4, -0.2) is 25.4 Å². The van der Waals surface area contributed by atoms with Gasteiger partial charge in [0.05, 0.1) is 6.61 Å². The molecule has 1 unspecified atom stereocenters. The molecule has 0 radical (unpaired) electrons. The van der Waals surface area contributed by atoms with Crippen LogP contribution in [0.1, 0.15) is 22.8 Å². The van der Waals surface area contributed by atoms with Gasteiger partial charge in [-0.2, -0.15) is 0 Å². The smallest absolute Gasteiger partial charge is 0.125 e. The van der Waals surface area contributed by atoms with E-state index < -0.39 is 6.10 Å². The van der Waals surface area contributed by atoms with Crippen molar-refractivity contribution in [3.8, 4) is 5.75 Å². The van der Waals surface area contributed by atoms with Gasteiger partial charge < -0.3 is 14.6 Å². The fraction of sp³-hybridized carbons (Fsp3) is 0.294. The lowest BCUT2D eigenvalue weighted by atomic mass is 9.99. The van der Waals surface area contributed by atoms with Crippen LogP contribution < -0.4 is 4.74 Å². The molecular weight excluding hydrogens is 252 g/mol. The van der Waals surface area contributed by atoms with E-state index in [1.54, 1.807) is 7.11 Å². The number of benzene rings is 2. The fourth-order valence-electron chi connectivity index (χ4n) is 2.09. The highest BCUT2D eigenvalue weighted by molar-refractivity contribution is 5.41. The first kappa shape index (κ1) is 14.6. The highest BCUT2D eigenvalue weighted by atomic mass is 16.5. The third kappa shape index (κ3) is 3.59. The number of hydrogen-bond acceptors (Lipinski definition) is 3. The minimum atomic E-state index is -0.686. The molecule has 106 valence electrons. The van der Waals surface area contributed by atoms with Gasteiger partial charge in [0, 0.05) is 12.7 Å². The molecule has 0 aromatic heterocycles. The van der Waals surface area contributed by atoms with Crippen molar-refractivity contribution < 1.29 is 14.6 Å². The van der Waals surface area contributed by atoms with Crippen LogP contribution in [0.2, 0.25) is 0 Å². The summed E-state index contributed by atoms with van der Waals surface area (Å²) in [5.74, 6) is 0.693. The Balaban J connectivity index is 2.23. The zero-order valence-corrected chi connectivity index (χ0v) is 11.9. The van der Waals surface area contributed by atoms with E-state index in [2.05, 4.69) is 0 Å². The summed E-state index contributed by atoms with van der Waals surface area (Å²) in [4.78, 5) is 0. The van der Waals surface area contributed by atoms with Crippen LogP contribution in [0.4, 0.5) is 0 Å². The SMILES string of the molecule is COCCOc1ccccc1C(O)c1cccc(C)c1. The average Bonchev–Trinajstić information content (AvgIpc) is 2.47. The molecule has 20 heavy (non-hydrogen) atoms. The van der Waals surface area contributed by atoms with E-state index in [0.717, 1.165) is 16.7 Å². The molecule has 0 aliphatic heterocycles. The number of ether oxygens (including phenoxy) is 2. The molecule has 0 saturated heterocycles. The number of aryl methyl sites for hydroxylation is 1. The number of hydrogen-bond donors (Lipinski definition) is 1. The van der Waals surface area contributed by atoms with E-state index in [9.17, 15) is 5.11 Å². The van der Waals surface area contributed by atoms with Gasteiger partial charge >= 0.3 is 0 Å². The molecule has 2 rings (SSSR count). The van der Waals surface area contributed by atoms with Crippen molar-refractivity contribution in [2.24, 2.45) is 0 Å². The maximum atomic E-state index is 10.5. The highest BCUT2D eigenvalue weighted by Gasteiger charge is 2.15. The quantitative estimate of drug-likeness (QED) is 0.821. The Morgan fingerprint density at radius 1 is 1.05 bits per heavy atom. The van der Waals surface area contributed by atoms with Crippen LogP contribution in [0.3, 0.4) is 0 Å². The van der Waals surface area contributed by atoms with Crippen LogP contribution >= 0.6 is 0 Å². The second kappa shape index (κ2) is 7.08. The van der Waals surface area contributed by atoms with Crippen molar-refractivity contribution in [1.29, 1.82) is 0 Å². The van der Waals surface area contributed by atoms with Gasteiger partial charge in [0.2, 0.25) is 0 Å². The maximum Gasteiger partial charge on any atom is 0.125 e. The molecule has 0 bridgehead atoms. The summed E-state index contributed by atoms with van der Waals surface area (Å²) < 4.78 is 10.6. The summed E-state index contributed by atoms with van der Waals surface area (Å²) in [5, 5.41) is 10.5. The zero-order chi connectivity index (χ0) is 14.4. The van der Waals surface area contributed by atoms with Gasteiger partial charge in [-0.15, -0.1) is 0 Å². The number of aliphatic hydroxyl groups excluding tert-OH is 1. The molecule has 0 aliphatic carbocycles. The lowest BCUT2D eigenvalue weighted by molar-refractivity contribution is 0.142. The first-order valence-electron chi connectivity index (χ1n) is 6.67. The predicted octanol–water partition coefficient (Wildman–Crippen LogP) is 3.10. The van der Waals surface area contributed by atoms with Crippen molar-refractivity contribution in [2.75, 3.05) is 20.3 Å². The van der Waals surface area contributed by atoms with E-state index in [-0.39, 0.29) is 0 Å². The Morgan fingerprint density at radius 2 is 1.85 bits per heavy atom. The molecule has 0 fully saturated rings. The largest absolute Gasteiger partial charge is 0.491 e. The van der Waals surface area contributed by atoms with E-state index >= 15 is 0 Å². The number of aliphatic hydroxyl groups is 1. The van der Waals surface area contributed by atoms with Crippen molar-refractivity contribution in [2.45, 2.75) is 13.0 Å². The van der Waals surface area contributed by atoms with Gasteiger partial charge in [0.1, 0.15) is 18.5 Å². The lowest BCUT2D eigenvalue weighted by Crippen LogP contribution is -2.08. The summed E-state index contributed by atoms with van der Waals surface area (Å²) in [7, 11) is 1.64. The Morgan fingerprint density at radius 3 is 2.60 bits per heavy atom. The van der Waals surface area contributed by atoms with Crippen LogP contribution in [0.25, 0.3) is 0 Å². The van der Waals surface area contributed by atoms with Gasteiger partial charge in [-0.3, -0.25) is 0 Å². The molecule has 0 spiro atoms. The fourth-order valence-corrected chi connectivity index (χ4v) is 2.09. The monoisotopic (exact) mass is 272 g/mol. The summed E-state index contributed by atoms with van der Waals surface area (Å²) in [6, 6.07) is 15.4. The van der Waals surface area contributed by atoms with Crippen molar-refractivity contribution in [3.63, 3.8) is 0 Å². The molecule has 0 saturated carbocycles. The van der Waals surface area contributed by atoms with E-state index in [1.165, 1.54) is 0 Å². The Kier molecular flexibility index (Phi) is 5.16. The van der Waals surface area contributed by atoms with Gasteiger partial charge in [-0.05, 0) is 18.6 Å². The number of methoxy groups -OCH3 is 1. The molecule has 2 aromatic carbocycles. The average molecular weight is 272 g/mol. The summed E-state index contributed by atoms with van der Waals surface area (Å²) in [5.41, 5.74) is 2.77. The molecular formula is C17H20O3. The lowest BCUT2D eigenvalue weighted by Gasteiger charge is -2.16. The van der Waals surface area contributed by atoms with E-state index in [4.69, 9.17) is 9.47 Å². The van der Waals surface area contributed by atoms with Crippen LogP contribution in [0.15, 0.2) is 48.5 Å². The zero-order valence-electron chi connectivity index (χ0n) is 11.9. The van der Waals surface area contributed by atoms with Crippen LogP contribution in [-0.2, 0) is 4.74 Å². The van der Waals surface area contributed by atoms with Crippen molar-refractivity contribution in [3.05, 3.63) is 65.2 Å². The third-order valence-electron chi connectivity index (χ3n) is 3.12. The molecule has 3 nitrogen and oxygen atoms in total. The molecule has 0 amide bonds. The van der Waals surface area contributed by atoms with E-state index in [0.29, 0.717) is 19.0 Å².